The van der Waals surface area contributed by atoms with Crippen molar-refractivity contribution < 1.29 is 8.85 Å². The average molecular weight is 287 g/mol. The van der Waals surface area contributed by atoms with E-state index in [0.29, 0.717) is 5.88 Å². The Morgan fingerprint density at radius 1 is 1.11 bits per heavy atom. The number of hydrogen-bond donors (Lipinski definition) is 0. The molecule has 1 aromatic rings. The van der Waals surface area contributed by atoms with Gasteiger partial charge < -0.3 is 8.85 Å². The Hall–Kier alpha value is -0.353. The summed E-state index contributed by atoms with van der Waals surface area (Å²) in [6.45, 7) is 7.65. The van der Waals surface area contributed by atoms with E-state index < -0.39 is 8.56 Å². The summed E-state index contributed by atoms with van der Waals surface area (Å²) in [5.74, 6) is 0.569. The summed E-state index contributed by atoms with van der Waals surface area (Å²) in [4.78, 5) is 0. The highest BCUT2D eigenvalue weighted by molar-refractivity contribution is 6.66. The molecule has 102 valence electrons. The van der Waals surface area contributed by atoms with E-state index in [0.717, 1.165) is 25.7 Å². The van der Waals surface area contributed by atoms with Crippen LogP contribution < -0.4 is 0 Å². The molecule has 0 saturated heterocycles. The van der Waals surface area contributed by atoms with Crippen LogP contribution in [0.5, 0.6) is 0 Å². The van der Waals surface area contributed by atoms with Crippen LogP contribution in [0.15, 0.2) is 24.3 Å². The number of alkyl halides is 1. The molecule has 0 saturated carbocycles. The van der Waals surface area contributed by atoms with Gasteiger partial charge in [0, 0.05) is 19.1 Å². The van der Waals surface area contributed by atoms with Crippen molar-refractivity contribution in [1.82, 2.24) is 0 Å². The fourth-order valence-electron chi connectivity index (χ4n) is 2.04. The van der Waals surface area contributed by atoms with Gasteiger partial charge in [-0.2, -0.15) is 0 Å². The Balaban J connectivity index is 2.60. The Kier molecular flexibility index (Phi) is 6.93. The third kappa shape index (κ3) is 5.10. The summed E-state index contributed by atoms with van der Waals surface area (Å²) in [6.07, 6.45) is 0.994. The third-order valence-corrected chi connectivity index (χ3v) is 6.18. The van der Waals surface area contributed by atoms with E-state index in [2.05, 4.69) is 30.8 Å². The topological polar surface area (TPSA) is 18.5 Å². The van der Waals surface area contributed by atoms with Gasteiger partial charge in [0.05, 0.1) is 0 Å². The zero-order valence-corrected chi connectivity index (χ0v) is 13.3. The summed E-state index contributed by atoms with van der Waals surface area (Å²) in [5, 5.41) is 0. The van der Waals surface area contributed by atoms with E-state index >= 15 is 0 Å². The molecule has 4 heteroatoms. The molecule has 0 aliphatic heterocycles. The van der Waals surface area contributed by atoms with Gasteiger partial charge in [-0.1, -0.05) is 24.3 Å². The molecule has 0 aliphatic carbocycles. The Labute approximate surface area is 117 Å². The fraction of sp³-hybridized carbons (Fsp3) is 0.571. The Morgan fingerprint density at radius 2 is 1.72 bits per heavy atom. The van der Waals surface area contributed by atoms with Gasteiger partial charge in [0.15, 0.2) is 0 Å². The first-order valence-corrected chi connectivity index (χ1v) is 9.61. The van der Waals surface area contributed by atoms with Crippen molar-refractivity contribution in [2.75, 3.05) is 13.2 Å². The molecule has 0 spiro atoms. The molecular weight excluding hydrogens is 264 g/mol. The predicted octanol–water partition coefficient (Wildman–Crippen LogP) is 4.11. The molecular formula is C14H23ClO2Si. The molecule has 0 fully saturated rings. The van der Waals surface area contributed by atoms with Crippen LogP contribution in [-0.2, 0) is 21.2 Å². The van der Waals surface area contributed by atoms with Crippen molar-refractivity contribution in [3.05, 3.63) is 35.4 Å². The lowest BCUT2D eigenvalue weighted by atomic mass is 10.1. The second-order valence-electron chi connectivity index (χ2n) is 4.45. The highest BCUT2D eigenvalue weighted by Crippen LogP contribution is 2.18. The summed E-state index contributed by atoms with van der Waals surface area (Å²) in [7, 11) is -1.99. The molecule has 0 heterocycles. The molecule has 2 nitrogen and oxygen atoms in total. The molecule has 1 rings (SSSR count). The van der Waals surface area contributed by atoms with Crippen LogP contribution in [0.2, 0.25) is 12.6 Å². The summed E-state index contributed by atoms with van der Waals surface area (Å²) < 4.78 is 11.7. The summed E-state index contributed by atoms with van der Waals surface area (Å²) in [6, 6.07) is 9.41. The van der Waals surface area contributed by atoms with Crippen LogP contribution in [0, 0.1) is 0 Å². The number of aryl methyl sites for hydroxylation is 1. The highest BCUT2D eigenvalue weighted by Gasteiger charge is 2.30. The molecule has 0 N–H and O–H groups in total. The molecule has 0 unspecified atom stereocenters. The lowest BCUT2D eigenvalue weighted by molar-refractivity contribution is 0.189. The van der Waals surface area contributed by atoms with Gasteiger partial charge in [0.1, 0.15) is 0 Å². The number of halogens is 1. The second kappa shape index (κ2) is 7.95. The van der Waals surface area contributed by atoms with Gasteiger partial charge in [0.25, 0.3) is 0 Å². The quantitative estimate of drug-likeness (QED) is 0.529. The summed E-state index contributed by atoms with van der Waals surface area (Å²) >= 11 is 5.85. The van der Waals surface area contributed by atoms with Crippen LogP contribution in [0.3, 0.4) is 0 Å². The molecule has 0 aromatic heterocycles. The molecule has 1 aromatic carbocycles. The molecule has 0 atom stereocenters. The number of benzene rings is 1. The maximum atomic E-state index is 5.85. The maximum Gasteiger partial charge on any atom is 0.335 e. The monoisotopic (exact) mass is 286 g/mol. The fourth-order valence-corrected chi connectivity index (χ4v) is 4.54. The van der Waals surface area contributed by atoms with Crippen LogP contribution >= 0.6 is 11.6 Å². The smallest absolute Gasteiger partial charge is 0.335 e. The first-order chi connectivity index (χ1) is 8.63. The largest absolute Gasteiger partial charge is 0.395 e. The summed E-state index contributed by atoms with van der Waals surface area (Å²) in [5.41, 5.74) is 2.48. The molecule has 0 bridgehead atoms. The normalized spacial score (nSPS) is 11.8. The van der Waals surface area contributed by atoms with Gasteiger partial charge in [-0.25, -0.2) is 0 Å². The van der Waals surface area contributed by atoms with Crippen molar-refractivity contribution in [2.24, 2.45) is 0 Å². The molecule has 0 radical (unpaired) electrons. The van der Waals surface area contributed by atoms with Gasteiger partial charge in [-0.3, -0.25) is 0 Å². The second-order valence-corrected chi connectivity index (χ2v) is 8.07. The Bertz CT molecular complexity index is 351. The van der Waals surface area contributed by atoms with E-state index in [9.17, 15) is 0 Å². The van der Waals surface area contributed by atoms with Crippen molar-refractivity contribution >= 4 is 20.2 Å². The van der Waals surface area contributed by atoms with Crippen LogP contribution in [0.4, 0.5) is 0 Å². The minimum Gasteiger partial charge on any atom is -0.395 e. The first kappa shape index (κ1) is 15.7. The first-order valence-electron chi connectivity index (χ1n) is 6.55. The van der Waals surface area contributed by atoms with E-state index in [1.807, 2.05) is 13.8 Å². The Morgan fingerprint density at radius 3 is 2.28 bits per heavy atom. The SMILES string of the molecule is CCO[Si](C)(CCc1cccc(CCl)c1)OCC. The molecule has 0 amide bonds. The van der Waals surface area contributed by atoms with Crippen molar-refractivity contribution in [3.8, 4) is 0 Å². The van der Waals surface area contributed by atoms with Gasteiger partial charge in [-0.05, 0) is 44.0 Å². The standard InChI is InChI=1S/C14H23ClO2Si/c1-4-16-18(3,17-5-2)10-9-13-7-6-8-14(11-13)12-15/h6-8,11H,4-5,9-10,12H2,1-3H3. The van der Waals surface area contributed by atoms with Gasteiger partial charge >= 0.3 is 8.56 Å². The third-order valence-electron chi connectivity index (χ3n) is 2.91. The highest BCUT2D eigenvalue weighted by atomic mass is 35.5. The van der Waals surface area contributed by atoms with Crippen molar-refractivity contribution in [2.45, 2.75) is 38.7 Å². The molecule has 0 aliphatic rings. The maximum absolute atomic E-state index is 5.85. The number of hydrogen-bond acceptors (Lipinski definition) is 2. The minimum absolute atomic E-state index is 0.569. The van der Waals surface area contributed by atoms with Gasteiger partial charge in [0.2, 0.25) is 0 Å². The average Bonchev–Trinajstić information content (AvgIpc) is 2.37. The van der Waals surface area contributed by atoms with Gasteiger partial charge in [-0.15, -0.1) is 11.6 Å². The van der Waals surface area contributed by atoms with Crippen LogP contribution in [0.1, 0.15) is 25.0 Å². The van der Waals surface area contributed by atoms with E-state index in [1.165, 1.54) is 11.1 Å². The van der Waals surface area contributed by atoms with Crippen molar-refractivity contribution in [3.63, 3.8) is 0 Å². The lowest BCUT2D eigenvalue weighted by Crippen LogP contribution is -2.39. The van der Waals surface area contributed by atoms with Crippen LogP contribution in [-0.4, -0.2) is 21.8 Å². The lowest BCUT2D eigenvalue weighted by Gasteiger charge is -2.26. The van der Waals surface area contributed by atoms with Crippen LogP contribution in [0.25, 0.3) is 0 Å². The van der Waals surface area contributed by atoms with E-state index in [-0.39, 0.29) is 0 Å². The zero-order valence-electron chi connectivity index (χ0n) is 11.5. The zero-order chi connectivity index (χ0) is 13.4. The predicted molar refractivity (Wildman–Crippen MR) is 79.4 cm³/mol. The minimum atomic E-state index is -1.99. The van der Waals surface area contributed by atoms with E-state index in [1.54, 1.807) is 0 Å². The van der Waals surface area contributed by atoms with Crippen molar-refractivity contribution in [1.29, 1.82) is 0 Å². The van der Waals surface area contributed by atoms with E-state index in [4.69, 9.17) is 20.5 Å². The molecule has 18 heavy (non-hydrogen) atoms. The number of rotatable bonds is 8.